The lowest BCUT2D eigenvalue weighted by molar-refractivity contribution is 0.102. The Hall–Kier alpha value is -1.85. The molecule has 1 N–H and O–H groups in total. The molecule has 0 atom stereocenters. The number of amides is 1. The molecule has 1 aromatic carbocycles. The minimum absolute atomic E-state index is 0.280. The highest BCUT2D eigenvalue weighted by Gasteiger charge is 2.13. The van der Waals surface area contributed by atoms with Crippen molar-refractivity contribution < 1.29 is 4.79 Å². The van der Waals surface area contributed by atoms with Crippen LogP contribution in [-0.4, -0.2) is 29.0 Å². The first kappa shape index (κ1) is 16.5. The fourth-order valence-corrected chi connectivity index (χ4v) is 2.42. The van der Waals surface area contributed by atoms with E-state index in [0.717, 1.165) is 13.1 Å². The maximum absolute atomic E-state index is 12.3. The van der Waals surface area contributed by atoms with E-state index in [9.17, 15) is 4.79 Å². The van der Waals surface area contributed by atoms with Gasteiger partial charge in [-0.05, 0) is 32.0 Å². The molecule has 0 aliphatic rings. The zero-order valence-electron chi connectivity index (χ0n) is 12.3. The molecule has 0 aliphatic carbocycles. The summed E-state index contributed by atoms with van der Waals surface area (Å²) in [5.41, 5.74) is 0.766. The van der Waals surface area contributed by atoms with Gasteiger partial charge in [-0.25, -0.2) is 9.97 Å². The summed E-state index contributed by atoms with van der Waals surface area (Å²) in [4.78, 5) is 22.5. The number of anilines is 2. The van der Waals surface area contributed by atoms with Gasteiger partial charge in [0, 0.05) is 24.2 Å². The fourth-order valence-electron chi connectivity index (χ4n) is 1.97. The Morgan fingerprint density at radius 1 is 1.18 bits per heavy atom. The van der Waals surface area contributed by atoms with Crippen LogP contribution in [0.1, 0.15) is 24.3 Å². The van der Waals surface area contributed by atoms with E-state index in [4.69, 9.17) is 23.2 Å². The molecular weight excluding hydrogens is 323 g/mol. The number of hydrogen-bond donors (Lipinski definition) is 1. The molecule has 1 aromatic heterocycles. The second kappa shape index (κ2) is 7.42. The Labute approximate surface area is 139 Å². The standard InChI is InChI=1S/C15H16Cl2N4O/c1-3-21(4-2)14-8-13(18-9-19-14)15(22)20-12-6-5-10(16)7-11(12)17/h5-9H,3-4H2,1-2H3,(H,20,22). The first-order valence-electron chi connectivity index (χ1n) is 6.88. The molecule has 116 valence electrons. The van der Waals surface area contributed by atoms with Gasteiger partial charge in [-0.1, -0.05) is 23.2 Å². The molecule has 1 amide bonds. The van der Waals surface area contributed by atoms with Crippen LogP contribution in [0, 0.1) is 0 Å². The van der Waals surface area contributed by atoms with E-state index < -0.39 is 0 Å². The van der Waals surface area contributed by atoms with Crippen LogP contribution in [0.3, 0.4) is 0 Å². The number of hydrogen-bond acceptors (Lipinski definition) is 4. The number of nitrogens with zero attached hydrogens (tertiary/aromatic N) is 3. The average molecular weight is 339 g/mol. The van der Waals surface area contributed by atoms with Gasteiger partial charge in [-0.3, -0.25) is 4.79 Å². The van der Waals surface area contributed by atoms with Crippen LogP contribution in [0.2, 0.25) is 10.0 Å². The van der Waals surface area contributed by atoms with Gasteiger partial charge >= 0.3 is 0 Å². The lowest BCUT2D eigenvalue weighted by Crippen LogP contribution is -2.24. The Bertz CT molecular complexity index is 674. The van der Waals surface area contributed by atoms with Crippen LogP contribution in [0.5, 0.6) is 0 Å². The molecule has 2 rings (SSSR count). The van der Waals surface area contributed by atoms with Gasteiger partial charge in [0.15, 0.2) is 0 Å². The maximum Gasteiger partial charge on any atom is 0.274 e. The number of carbonyl (C=O) groups is 1. The molecule has 0 radical (unpaired) electrons. The number of aromatic nitrogens is 2. The Balaban J connectivity index is 2.21. The van der Waals surface area contributed by atoms with E-state index in [1.807, 2.05) is 18.7 Å². The van der Waals surface area contributed by atoms with Crippen molar-refractivity contribution in [2.24, 2.45) is 0 Å². The Kier molecular flexibility index (Phi) is 5.57. The van der Waals surface area contributed by atoms with Gasteiger partial charge < -0.3 is 10.2 Å². The van der Waals surface area contributed by atoms with Gasteiger partial charge in [-0.15, -0.1) is 0 Å². The second-order valence-corrected chi connectivity index (χ2v) is 5.36. The summed E-state index contributed by atoms with van der Waals surface area (Å²) in [7, 11) is 0. The largest absolute Gasteiger partial charge is 0.357 e. The highest BCUT2D eigenvalue weighted by atomic mass is 35.5. The molecule has 2 aromatic rings. The third kappa shape index (κ3) is 3.87. The second-order valence-electron chi connectivity index (χ2n) is 4.51. The molecule has 0 aliphatic heterocycles. The maximum atomic E-state index is 12.3. The van der Waals surface area contributed by atoms with Crippen LogP contribution >= 0.6 is 23.2 Å². The number of rotatable bonds is 5. The summed E-state index contributed by atoms with van der Waals surface area (Å²) in [5, 5.41) is 3.60. The lowest BCUT2D eigenvalue weighted by atomic mass is 10.3. The highest BCUT2D eigenvalue weighted by Crippen LogP contribution is 2.25. The molecule has 0 spiro atoms. The van der Waals surface area contributed by atoms with Crippen molar-refractivity contribution in [1.29, 1.82) is 0 Å². The van der Waals surface area contributed by atoms with Crippen molar-refractivity contribution in [3.05, 3.63) is 46.3 Å². The molecule has 0 unspecified atom stereocenters. The van der Waals surface area contributed by atoms with Crippen LogP contribution < -0.4 is 10.2 Å². The van der Waals surface area contributed by atoms with Crippen molar-refractivity contribution in [2.45, 2.75) is 13.8 Å². The molecule has 0 fully saturated rings. The van der Waals surface area contributed by atoms with E-state index in [1.54, 1.807) is 24.3 Å². The van der Waals surface area contributed by atoms with Crippen molar-refractivity contribution in [3.8, 4) is 0 Å². The topological polar surface area (TPSA) is 58.1 Å². The summed E-state index contributed by atoms with van der Waals surface area (Å²) in [6.45, 7) is 5.66. The van der Waals surface area contributed by atoms with Gasteiger partial charge in [0.05, 0.1) is 10.7 Å². The van der Waals surface area contributed by atoms with E-state index >= 15 is 0 Å². The zero-order chi connectivity index (χ0) is 16.1. The molecule has 22 heavy (non-hydrogen) atoms. The minimum Gasteiger partial charge on any atom is -0.357 e. The number of carbonyl (C=O) groups excluding carboxylic acids is 1. The molecule has 0 saturated heterocycles. The number of nitrogens with one attached hydrogen (secondary N) is 1. The molecule has 5 nitrogen and oxygen atoms in total. The summed E-state index contributed by atoms with van der Waals surface area (Å²) in [6, 6.07) is 6.53. The molecule has 0 bridgehead atoms. The molecule has 1 heterocycles. The van der Waals surface area contributed by atoms with E-state index in [-0.39, 0.29) is 11.6 Å². The first-order chi connectivity index (χ1) is 10.5. The predicted octanol–water partition coefficient (Wildman–Crippen LogP) is 3.88. The predicted molar refractivity (Wildman–Crippen MR) is 90.0 cm³/mol. The summed E-state index contributed by atoms with van der Waals surface area (Å²) in [5.74, 6) is 0.368. The normalized spacial score (nSPS) is 10.4. The zero-order valence-corrected chi connectivity index (χ0v) is 13.8. The Morgan fingerprint density at radius 2 is 1.91 bits per heavy atom. The van der Waals surface area contributed by atoms with Crippen molar-refractivity contribution in [3.63, 3.8) is 0 Å². The van der Waals surface area contributed by atoms with Gasteiger partial charge in [-0.2, -0.15) is 0 Å². The fraction of sp³-hybridized carbons (Fsp3) is 0.267. The van der Waals surface area contributed by atoms with E-state index in [0.29, 0.717) is 21.6 Å². The molecule has 0 saturated carbocycles. The van der Waals surface area contributed by atoms with E-state index in [1.165, 1.54) is 6.33 Å². The minimum atomic E-state index is -0.347. The van der Waals surface area contributed by atoms with Crippen molar-refractivity contribution in [2.75, 3.05) is 23.3 Å². The SMILES string of the molecule is CCN(CC)c1cc(C(=O)Nc2ccc(Cl)cc2Cl)ncn1. The summed E-state index contributed by atoms with van der Waals surface area (Å²) in [6.07, 6.45) is 1.38. The number of benzene rings is 1. The monoisotopic (exact) mass is 338 g/mol. The Morgan fingerprint density at radius 3 is 2.55 bits per heavy atom. The summed E-state index contributed by atoms with van der Waals surface area (Å²) < 4.78 is 0. The quantitative estimate of drug-likeness (QED) is 0.898. The van der Waals surface area contributed by atoms with Crippen LogP contribution in [-0.2, 0) is 0 Å². The molecular formula is C15H16Cl2N4O. The van der Waals surface area contributed by atoms with E-state index in [2.05, 4.69) is 15.3 Å². The third-order valence-electron chi connectivity index (χ3n) is 3.15. The van der Waals surface area contributed by atoms with Crippen LogP contribution in [0.4, 0.5) is 11.5 Å². The smallest absolute Gasteiger partial charge is 0.274 e. The number of halogens is 2. The van der Waals surface area contributed by atoms with Crippen molar-refractivity contribution >= 4 is 40.6 Å². The van der Waals surface area contributed by atoms with Gasteiger partial charge in [0.25, 0.3) is 5.91 Å². The van der Waals surface area contributed by atoms with Gasteiger partial charge in [0.1, 0.15) is 17.8 Å². The summed E-state index contributed by atoms with van der Waals surface area (Å²) >= 11 is 11.9. The van der Waals surface area contributed by atoms with Crippen LogP contribution in [0.15, 0.2) is 30.6 Å². The van der Waals surface area contributed by atoms with Crippen LogP contribution in [0.25, 0.3) is 0 Å². The highest BCUT2D eigenvalue weighted by molar-refractivity contribution is 6.36. The van der Waals surface area contributed by atoms with Gasteiger partial charge in [0.2, 0.25) is 0 Å². The van der Waals surface area contributed by atoms with Crippen molar-refractivity contribution in [1.82, 2.24) is 9.97 Å². The average Bonchev–Trinajstić information content (AvgIpc) is 2.51. The third-order valence-corrected chi connectivity index (χ3v) is 3.70. The lowest BCUT2D eigenvalue weighted by Gasteiger charge is -2.19. The first-order valence-corrected chi connectivity index (χ1v) is 7.64. The molecule has 7 heteroatoms.